The van der Waals surface area contributed by atoms with Gasteiger partial charge in [0.1, 0.15) is 17.5 Å². The molecule has 0 amide bonds. The van der Waals surface area contributed by atoms with Gasteiger partial charge in [0.05, 0.1) is 16.8 Å². The van der Waals surface area contributed by atoms with Crippen molar-refractivity contribution in [3.8, 4) is 16.7 Å². The van der Waals surface area contributed by atoms with Crippen LogP contribution in [-0.2, 0) is 4.79 Å². The van der Waals surface area contributed by atoms with Crippen LogP contribution in [0, 0.1) is 0 Å². The van der Waals surface area contributed by atoms with Gasteiger partial charge in [0.25, 0.3) is 5.19 Å². The van der Waals surface area contributed by atoms with E-state index in [4.69, 9.17) is 9.47 Å². The highest BCUT2D eigenvalue weighted by Gasteiger charge is 2.12. The number of thiazole rings is 1. The number of para-hydroxylation sites is 1. The number of aliphatic carboxylic acids is 1. The van der Waals surface area contributed by atoms with Crippen molar-refractivity contribution in [3.05, 3.63) is 84.4 Å². The maximum absolute atomic E-state index is 11.2. The fourth-order valence-corrected chi connectivity index (χ4v) is 3.90. The first-order chi connectivity index (χ1) is 15.6. The number of benzene rings is 3. The summed E-state index contributed by atoms with van der Waals surface area (Å²) in [6.07, 6.45) is 0.492. The van der Waals surface area contributed by atoms with Crippen LogP contribution in [0.3, 0.4) is 0 Å². The summed E-state index contributed by atoms with van der Waals surface area (Å²) in [5.74, 6) is 0.418. The SMILES string of the molecule is CC(N=C(CCOc1ccc(Oc2nc3ccccc3s2)cc1)c1ccccc1)C(=O)O. The molecule has 7 heteroatoms. The molecule has 0 radical (unpaired) electrons. The van der Waals surface area contributed by atoms with Crippen LogP contribution in [0.15, 0.2) is 83.9 Å². The lowest BCUT2D eigenvalue weighted by atomic mass is 10.1. The number of rotatable bonds is 9. The smallest absolute Gasteiger partial charge is 0.328 e. The van der Waals surface area contributed by atoms with Crippen molar-refractivity contribution in [3.63, 3.8) is 0 Å². The normalized spacial score (nSPS) is 12.5. The standard InChI is InChI=1S/C25H22N2O4S/c1-17(24(28)29)26-21(18-7-3-2-4-8-18)15-16-30-19-11-13-20(14-12-19)31-25-27-22-9-5-6-10-23(22)32-25/h2-14,17H,15-16H2,1H3,(H,28,29). The monoisotopic (exact) mass is 446 g/mol. The van der Waals surface area contributed by atoms with Crippen LogP contribution in [-0.4, -0.2) is 34.4 Å². The van der Waals surface area contributed by atoms with E-state index < -0.39 is 12.0 Å². The Labute approximate surface area is 189 Å². The number of carboxylic acids is 1. The third-order valence-electron chi connectivity index (χ3n) is 4.72. The van der Waals surface area contributed by atoms with E-state index in [9.17, 15) is 9.90 Å². The van der Waals surface area contributed by atoms with E-state index >= 15 is 0 Å². The molecule has 0 aliphatic rings. The average Bonchev–Trinajstić information content (AvgIpc) is 3.22. The van der Waals surface area contributed by atoms with Gasteiger partial charge in [0.15, 0.2) is 0 Å². The number of carboxylic acid groups (broad SMARTS) is 1. The molecule has 3 aromatic carbocycles. The second-order valence-electron chi connectivity index (χ2n) is 7.08. The van der Waals surface area contributed by atoms with Crippen LogP contribution in [0.25, 0.3) is 10.2 Å². The van der Waals surface area contributed by atoms with Crippen LogP contribution >= 0.6 is 11.3 Å². The summed E-state index contributed by atoms with van der Waals surface area (Å²) in [6.45, 7) is 1.94. The second-order valence-corrected chi connectivity index (χ2v) is 8.07. The summed E-state index contributed by atoms with van der Waals surface area (Å²) in [5, 5.41) is 9.79. The Morgan fingerprint density at radius 3 is 2.41 bits per heavy atom. The number of hydrogen-bond donors (Lipinski definition) is 1. The minimum absolute atomic E-state index is 0.373. The number of aliphatic imine (C=N–C) groups is 1. The molecule has 4 rings (SSSR count). The number of ether oxygens (including phenoxy) is 2. The van der Waals surface area contributed by atoms with Crippen LogP contribution in [0.1, 0.15) is 18.9 Å². The lowest BCUT2D eigenvalue weighted by molar-refractivity contribution is -0.137. The van der Waals surface area contributed by atoms with E-state index in [0.29, 0.717) is 35.4 Å². The Kier molecular flexibility index (Phi) is 6.77. The summed E-state index contributed by atoms with van der Waals surface area (Å²) in [7, 11) is 0. The fourth-order valence-electron chi connectivity index (χ4n) is 3.07. The molecule has 162 valence electrons. The second kappa shape index (κ2) is 10.1. The molecular weight excluding hydrogens is 424 g/mol. The van der Waals surface area contributed by atoms with Gasteiger partial charge in [0, 0.05) is 12.1 Å². The largest absolute Gasteiger partial charge is 0.493 e. The zero-order chi connectivity index (χ0) is 22.3. The van der Waals surface area contributed by atoms with Crippen LogP contribution in [0.4, 0.5) is 0 Å². The molecule has 4 aromatic rings. The van der Waals surface area contributed by atoms with Gasteiger partial charge in [-0.2, -0.15) is 0 Å². The van der Waals surface area contributed by atoms with Crippen molar-refractivity contribution in [2.24, 2.45) is 4.99 Å². The summed E-state index contributed by atoms with van der Waals surface area (Å²) in [5.41, 5.74) is 2.51. The minimum Gasteiger partial charge on any atom is -0.493 e. The van der Waals surface area contributed by atoms with Gasteiger partial charge >= 0.3 is 5.97 Å². The van der Waals surface area contributed by atoms with Gasteiger partial charge < -0.3 is 14.6 Å². The van der Waals surface area contributed by atoms with Gasteiger partial charge in [-0.25, -0.2) is 9.78 Å². The quantitative estimate of drug-likeness (QED) is 0.328. The molecule has 0 saturated carbocycles. The molecule has 32 heavy (non-hydrogen) atoms. The fraction of sp³-hybridized carbons (Fsp3) is 0.160. The van der Waals surface area contributed by atoms with Crippen LogP contribution in [0.5, 0.6) is 16.7 Å². The molecule has 1 heterocycles. The van der Waals surface area contributed by atoms with Gasteiger partial charge in [-0.3, -0.25) is 4.99 Å². The Bertz CT molecular complexity index is 1190. The molecule has 0 spiro atoms. The van der Waals surface area contributed by atoms with Crippen molar-refractivity contribution in [1.82, 2.24) is 4.98 Å². The molecular formula is C25H22N2O4S. The molecule has 0 aliphatic carbocycles. The molecule has 1 unspecified atom stereocenters. The molecule has 1 atom stereocenters. The van der Waals surface area contributed by atoms with E-state index in [1.54, 1.807) is 6.92 Å². The van der Waals surface area contributed by atoms with Crippen LogP contribution < -0.4 is 9.47 Å². The van der Waals surface area contributed by atoms with E-state index in [2.05, 4.69) is 9.98 Å². The predicted molar refractivity (Wildman–Crippen MR) is 126 cm³/mol. The molecule has 0 aliphatic heterocycles. The number of nitrogens with zero attached hydrogens (tertiary/aromatic N) is 2. The maximum Gasteiger partial charge on any atom is 0.328 e. The highest BCUT2D eigenvalue weighted by atomic mass is 32.1. The van der Waals surface area contributed by atoms with E-state index in [0.717, 1.165) is 15.8 Å². The van der Waals surface area contributed by atoms with E-state index in [1.807, 2.05) is 78.9 Å². The van der Waals surface area contributed by atoms with Crippen molar-refractivity contribution < 1.29 is 19.4 Å². The van der Waals surface area contributed by atoms with E-state index in [1.165, 1.54) is 11.3 Å². The first-order valence-corrected chi connectivity index (χ1v) is 11.0. The zero-order valence-electron chi connectivity index (χ0n) is 17.5. The molecule has 1 aromatic heterocycles. The number of hydrogen-bond acceptors (Lipinski definition) is 6. The van der Waals surface area contributed by atoms with Crippen LogP contribution in [0.2, 0.25) is 0 Å². The van der Waals surface area contributed by atoms with Gasteiger partial charge in [-0.15, -0.1) is 0 Å². The highest BCUT2D eigenvalue weighted by Crippen LogP contribution is 2.31. The van der Waals surface area contributed by atoms with E-state index in [-0.39, 0.29) is 0 Å². The number of aromatic nitrogens is 1. The first kappa shape index (κ1) is 21.5. The summed E-state index contributed by atoms with van der Waals surface area (Å²) >= 11 is 1.50. The topological polar surface area (TPSA) is 81.0 Å². The molecule has 1 N–H and O–H groups in total. The van der Waals surface area contributed by atoms with Crippen molar-refractivity contribution in [2.45, 2.75) is 19.4 Å². The van der Waals surface area contributed by atoms with Crippen molar-refractivity contribution >= 4 is 33.2 Å². The lowest BCUT2D eigenvalue weighted by Crippen LogP contribution is -2.18. The predicted octanol–water partition coefficient (Wildman–Crippen LogP) is 5.82. The molecule has 6 nitrogen and oxygen atoms in total. The zero-order valence-corrected chi connectivity index (χ0v) is 18.3. The Morgan fingerprint density at radius 2 is 1.69 bits per heavy atom. The summed E-state index contributed by atoms with van der Waals surface area (Å²) in [4.78, 5) is 20.1. The molecule has 0 bridgehead atoms. The number of fused-ring (bicyclic) bond motifs is 1. The lowest BCUT2D eigenvalue weighted by Gasteiger charge is -2.11. The van der Waals surface area contributed by atoms with Gasteiger partial charge in [0.2, 0.25) is 0 Å². The summed E-state index contributed by atoms with van der Waals surface area (Å²) < 4.78 is 12.8. The molecule has 0 fully saturated rings. The molecule has 0 saturated heterocycles. The Balaban J connectivity index is 1.37. The Hall–Kier alpha value is -3.71. The third kappa shape index (κ3) is 5.50. The number of carbonyl (C=O) groups is 1. The van der Waals surface area contributed by atoms with Gasteiger partial charge in [-0.1, -0.05) is 53.8 Å². The maximum atomic E-state index is 11.2. The van der Waals surface area contributed by atoms with Crippen molar-refractivity contribution in [1.29, 1.82) is 0 Å². The average molecular weight is 447 g/mol. The van der Waals surface area contributed by atoms with Gasteiger partial charge in [-0.05, 0) is 48.9 Å². The first-order valence-electron chi connectivity index (χ1n) is 10.2. The van der Waals surface area contributed by atoms with Crippen molar-refractivity contribution in [2.75, 3.05) is 6.61 Å². The minimum atomic E-state index is -0.955. The highest BCUT2D eigenvalue weighted by molar-refractivity contribution is 7.20. The Morgan fingerprint density at radius 1 is 1.00 bits per heavy atom. The third-order valence-corrected chi connectivity index (χ3v) is 5.64. The summed E-state index contributed by atoms with van der Waals surface area (Å²) in [6, 6.07) is 24.0.